The molecule has 3 N–H and O–H groups in total. The maximum absolute atomic E-state index is 12.1. The highest BCUT2D eigenvalue weighted by atomic mass is 16.8. The van der Waals surface area contributed by atoms with E-state index in [1.165, 1.54) is 30.8 Å². The molecule has 3 aliphatic rings. The Labute approximate surface area is 282 Å². The molecule has 3 aliphatic heterocycles. The van der Waals surface area contributed by atoms with Crippen molar-refractivity contribution in [1.29, 1.82) is 0 Å². The fraction of sp³-hybridized carbons (Fsp3) is 0.314. The van der Waals surface area contributed by atoms with E-state index in [2.05, 4.69) is 83.4 Å². The summed E-state index contributed by atoms with van der Waals surface area (Å²) in [5.41, 5.74) is 5.62. The minimum Gasteiger partial charge on any atom is -0.452 e. The van der Waals surface area contributed by atoms with E-state index in [1.54, 1.807) is 0 Å². The first-order valence-corrected chi connectivity index (χ1v) is 15.4. The van der Waals surface area contributed by atoms with Gasteiger partial charge in [0.15, 0.2) is 6.10 Å². The number of hydrogen-bond acceptors (Lipinski definition) is 11. The zero-order chi connectivity index (χ0) is 35.2. The molecule has 3 unspecified atom stereocenters. The second kappa shape index (κ2) is 17.8. The van der Waals surface area contributed by atoms with Crippen LogP contribution in [0.4, 0.5) is 15.3 Å². The van der Waals surface area contributed by atoms with Crippen LogP contribution in [0.25, 0.3) is 0 Å². The van der Waals surface area contributed by atoms with Crippen molar-refractivity contribution >= 4 is 41.7 Å². The summed E-state index contributed by atoms with van der Waals surface area (Å²) in [6.45, 7) is -0.0411. The lowest BCUT2D eigenvalue weighted by molar-refractivity contribution is -0.147. The third-order valence-electron chi connectivity index (χ3n) is 7.31. The number of nitrogens with one attached hydrogen (secondary N) is 3. The quantitative estimate of drug-likeness (QED) is 0.236. The van der Waals surface area contributed by atoms with Gasteiger partial charge in [-0.05, 0) is 47.2 Å². The van der Waals surface area contributed by atoms with Gasteiger partial charge in [0.25, 0.3) is 17.7 Å². The molecule has 3 atom stereocenters. The number of amides is 3. The van der Waals surface area contributed by atoms with Crippen molar-refractivity contribution in [3.05, 3.63) is 101 Å². The van der Waals surface area contributed by atoms with Crippen molar-refractivity contribution in [2.24, 2.45) is 0 Å². The van der Waals surface area contributed by atoms with Crippen LogP contribution in [0.15, 0.2) is 78.9 Å². The Hall–Kier alpha value is -5.92. The molecule has 0 radical (unpaired) electrons. The Balaban J connectivity index is 0.000000220. The normalized spacial score (nSPS) is 18.8. The Bertz CT molecular complexity index is 1590. The molecule has 3 heterocycles. The zero-order valence-electron chi connectivity index (χ0n) is 27.0. The largest absolute Gasteiger partial charge is 0.509 e. The number of hydrogen-bond donors (Lipinski definition) is 3. The van der Waals surface area contributed by atoms with Crippen LogP contribution in [0.2, 0.25) is 0 Å². The lowest BCUT2D eigenvalue weighted by Gasteiger charge is -2.10. The molecule has 0 saturated carbocycles. The molecule has 3 aromatic rings. The van der Waals surface area contributed by atoms with Crippen LogP contribution in [0.1, 0.15) is 35.1 Å². The first-order chi connectivity index (χ1) is 23.6. The van der Waals surface area contributed by atoms with Crippen LogP contribution in [0.3, 0.4) is 0 Å². The minimum absolute atomic E-state index is 0.0124. The van der Waals surface area contributed by atoms with E-state index in [1.807, 2.05) is 30.3 Å². The maximum Gasteiger partial charge on any atom is 0.509 e. The SMILES string of the molecule is CNC(=O)C1CCC(=O)O1.CNC(=O)C1COC(=O)O1.O=C1OCC(C(=O)Nc2ccc(Cc3cccc(Cc4ccccc4)c3)cc2)O1. The number of ether oxygens (including phenoxy) is 5. The van der Waals surface area contributed by atoms with E-state index in [-0.39, 0.29) is 31.0 Å². The Morgan fingerprint density at radius 2 is 1.12 bits per heavy atom. The van der Waals surface area contributed by atoms with Gasteiger partial charge >= 0.3 is 18.3 Å². The topological polar surface area (TPSA) is 185 Å². The summed E-state index contributed by atoms with van der Waals surface area (Å²) in [4.78, 5) is 65.2. The van der Waals surface area contributed by atoms with Crippen molar-refractivity contribution in [2.75, 3.05) is 32.6 Å². The van der Waals surface area contributed by atoms with Crippen LogP contribution in [-0.2, 0) is 55.7 Å². The molecule has 49 heavy (non-hydrogen) atoms. The van der Waals surface area contributed by atoms with Crippen molar-refractivity contribution in [2.45, 2.75) is 44.0 Å². The first-order valence-electron chi connectivity index (χ1n) is 15.4. The van der Waals surface area contributed by atoms with E-state index >= 15 is 0 Å². The molecule has 3 aromatic carbocycles. The molecular formula is C35H37N3O11. The van der Waals surface area contributed by atoms with Gasteiger partial charge in [-0.15, -0.1) is 0 Å². The van der Waals surface area contributed by atoms with E-state index in [4.69, 9.17) is 4.74 Å². The van der Waals surface area contributed by atoms with Crippen molar-refractivity contribution in [3.63, 3.8) is 0 Å². The van der Waals surface area contributed by atoms with Crippen LogP contribution in [0.5, 0.6) is 0 Å². The number of carbonyl (C=O) groups is 6. The number of likely N-dealkylation sites (N-methyl/N-ethyl adjacent to an activating group) is 2. The summed E-state index contributed by atoms with van der Waals surface area (Å²) in [6, 6.07) is 26.7. The fourth-order valence-corrected chi connectivity index (χ4v) is 4.79. The number of cyclic esters (lactones) is 5. The highest BCUT2D eigenvalue weighted by molar-refractivity contribution is 5.96. The van der Waals surface area contributed by atoms with E-state index in [0.717, 1.165) is 18.4 Å². The molecule has 0 bridgehead atoms. The van der Waals surface area contributed by atoms with Gasteiger partial charge in [0, 0.05) is 32.6 Å². The number of esters is 1. The van der Waals surface area contributed by atoms with Gasteiger partial charge in [-0.1, -0.05) is 66.7 Å². The molecule has 14 nitrogen and oxygen atoms in total. The summed E-state index contributed by atoms with van der Waals surface area (Å²) < 4.78 is 22.9. The summed E-state index contributed by atoms with van der Waals surface area (Å²) in [7, 11) is 2.99. The smallest absolute Gasteiger partial charge is 0.452 e. The Morgan fingerprint density at radius 1 is 0.612 bits per heavy atom. The average molecular weight is 676 g/mol. The second-order valence-electron chi connectivity index (χ2n) is 10.9. The maximum atomic E-state index is 12.1. The summed E-state index contributed by atoms with van der Waals surface area (Å²) in [6.07, 6.45) is -1.20. The third-order valence-corrected chi connectivity index (χ3v) is 7.31. The lowest BCUT2D eigenvalue weighted by atomic mass is 9.99. The molecule has 14 heteroatoms. The molecule has 3 fully saturated rings. The molecule has 0 aliphatic carbocycles. The Kier molecular flexibility index (Phi) is 13.1. The molecule has 3 amide bonds. The van der Waals surface area contributed by atoms with E-state index in [0.29, 0.717) is 18.5 Å². The molecule has 0 aromatic heterocycles. The van der Waals surface area contributed by atoms with Crippen LogP contribution in [0, 0.1) is 0 Å². The van der Waals surface area contributed by atoms with Gasteiger partial charge in [0.2, 0.25) is 12.2 Å². The molecule has 3 saturated heterocycles. The monoisotopic (exact) mass is 675 g/mol. The molecule has 6 rings (SSSR count). The first kappa shape index (κ1) is 35.9. The standard InChI is InChI=1S/C24H21NO4.C6H9NO3.C5H7NO4/c26-23(22-16-28-24(27)29-22)25-21-11-9-18(10-12-21)14-20-8-4-7-19(15-20)13-17-5-2-1-3-6-17;1-7-6(9)4-2-3-5(8)10-4;1-6-4(7)3-2-9-5(8)10-3/h1-12,15,22H,13-14,16H2,(H,25,26);4H,2-3H2,1H3,(H,7,9);3H,2H2,1H3,(H,6,7). The number of rotatable bonds is 8. The zero-order valence-corrected chi connectivity index (χ0v) is 27.0. The van der Waals surface area contributed by atoms with Gasteiger partial charge in [0.1, 0.15) is 13.2 Å². The summed E-state index contributed by atoms with van der Waals surface area (Å²) >= 11 is 0. The van der Waals surface area contributed by atoms with E-state index < -0.39 is 36.5 Å². The minimum atomic E-state index is -0.894. The molecule has 258 valence electrons. The highest BCUT2D eigenvalue weighted by Crippen LogP contribution is 2.18. The number of benzene rings is 3. The second-order valence-corrected chi connectivity index (χ2v) is 10.9. The average Bonchev–Trinajstić information content (AvgIpc) is 3.87. The molecular weight excluding hydrogens is 638 g/mol. The van der Waals surface area contributed by atoms with Crippen molar-refractivity contribution in [3.8, 4) is 0 Å². The lowest BCUT2D eigenvalue weighted by Crippen LogP contribution is -2.33. The number of anilines is 1. The fourth-order valence-electron chi connectivity index (χ4n) is 4.79. The van der Waals surface area contributed by atoms with Crippen molar-refractivity contribution < 1.29 is 52.5 Å². The van der Waals surface area contributed by atoms with Crippen molar-refractivity contribution in [1.82, 2.24) is 10.6 Å². The predicted molar refractivity (Wildman–Crippen MR) is 173 cm³/mol. The van der Waals surface area contributed by atoms with Gasteiger partial charge in [-0.3, -0.25) is 19.2 Å². The van der Waals surface area contributed by atoms with Gasteiger partial charge in [0.05, 0.1) is 0 Å². The van der Waals surface area contributed by atoms with Gasteiger partial charge in [-0.2, -0.15) is 0 Å². The van der Waals surface area contributed by atoms with E-state index in [9.17, 15) is 28.8 Å². The molecule has 0 spiro atoms. The third kappa shape index (κ3) is 11.4. The van der Waals surface area contributed by atoms with Gasteiger partial charge in [-0.25, -0.2) is 9.59 Å². The highest BCUT2D eigenvalue weighted by Gasteiger charge is 2.32. The van der Waals surface area contributed by atoms with Gasteiger partial charge < -0.3 is 39.6 Å². The predicted octanol–water partition coefficient (Wildman–Crippen LogP) is 3.05. The summed E-state index contributed by atoms with van der Waals surface area (Å²) in [5.74, 6) is -1.23. The van der Waals surface area contributed by atoms with Crippen LogP contribution in [-0.4, -0.2) is 81.6 Å². The summed E-state index contributed by atoms with van der Waals surface area (Å²) in [5, 5.41) is 7.48. The Morgan fingerprint density at radius 3 is 1.61 bits per heavy atom. The van der Waals surface area contributed by atoms with Crippen LogP contribution >= 0.6 is 0 Å². The van der Waals surface area contributed by atoms with Crippen LogP contribution < -0.4 is 16.0 Å². The number of carbonyl (C=O) groups excluding carboxylic acids is 6.